The molecule has 0 saturated carbocycles. The van der Waals surface area contributed by atoms with Crippen LogP contribution in [0.1, 0.15) is 20.8 Å². The van der Waals surface area contributed by atoms with Gasteiger partial charge in [-0.05, 0) is 57.2 Å². The van der Waals surface area contributed by atoms with E-state index in [1.165, 1.54) is 0 Å². The van der Waals surface area contributed by atoms with Crippen molar-refractivity contribution < 1.29 is 14.3 Å². The Balaban J connectivity index is 2.04. The maximum absolute atomic E-state index is 11.8. The van der Waals surface area contributed by atoms with Gasteiger partial charge in [-0.25, -0.2) is 10.2 Å². The normalized spacial score (nSPS) is 10.4. The van der Waals surface area contributed by atoms with Crippen LogP contribution in [0.5, 0.6) is 5.75 Å². The summed E-state index contributed by atoms with van der Waals surface area (Å²) in [4.78, 5) is 12.8. The highest BCUT2D eigenvalue weighted by atomic mass is 16.6. The number of nitrogens with zero attached hydrogens (tertiary/aromatic N) is 2. The standard InChI is InChI=1S/C19H20N4O3/c1-19(2,3)26-18(24)22-14-9-11-15(12-10-14)23(13-20)17(21)25-16-7-5-4-6-8-16/h4-12,21H,1-3H3,(H,22,24). The van der Waals surface area contributed by atoms with E-state index in [1.54, 1.807) is 69.3 Å². The first kappa shape index (κ1) is 18.8. The minimum Gasteiger partial charge on any atom is -0.444 e. The third kappa shape index (κ3) is 5.53. The van der Waals surface area contributed by atoms with Gasteiger partial charge in [0.25, 0.3) is 0 Å². The quantitative estimate of drug-likeness (QED) is 0.371. The maximum Gasteiger partial charge on any atom is 0.412 e. The molecule has 0 radical (unpaired) electrons. The zero-order chi connectivity index (χ0) is 19.2. The number of hydrogen-bond donors (Lipinski definition) is 2. The molecule has 0 unspecified atom stereocenters. The first-order valence-electron chi connectivity index (χ1n) is 7.90. The number of carbonyl (C=O) groups excluding carboxylic acids is 1. The van der Waals surface area contributed by atoms with E-state index in [0.717, 1.165) is 4.90 Å². The molecule has 0 heterocycles. The topological polar surface area (TPSA) is 98.4 Å². The zero-order valence-electron chi connectivity index (χ0n) is 14.8. The summed E-state index contributed by atoms with van der Waals surface area (Å²) in [7, 11) is 0. The van der Waals surface area contributed by atoms with Gasteiger partial charge in [-0.3, -0.25) is 5.32 Å². The van der Waals surface area contributed by atoms with E-state index in [1.807, 2.05) is 12.3 Å². The highest BCUT2D eigenvalue weighted by molar-refractivity contribution is 5.94. The molecular weight excluding hydrogens is 332 g/mol. The molecule has 0 fully saturated rings. The molecular formula is C19H20N4O3. The van der Waals surface area contributed by atoms with E-state index in [0.29, 0.717) is 17.1 Å². The lowest BCUT2D eigenvalue weighted by atomic mass is 10.2. The number of nitrogens with one attached hydrogen (secondary N) is 2. The van der Waals surface area contributed by atoms with Gasteiger partial charge in [-0.2, -0.15) is 10.2 Å². The third-order valence-corrected chi connectivity index (χ3v) is 3.03. The Morgan fingerprint density at radius 3 is 2.27 bits per heavy atom. The van der Waals surface area contributed by atoms with E-state index in [9.17, 15) is 10.1 Å². The zero-order valence-corrected chi connectivity index (χ0v) is 14.8. The molecule has 2 rings (SSSR count). The summed E-state index contributed by atoms with van der Waals surface area (Å²) in [6, 6.07) is 14.8. The minimum atomic E-state index is -0.592. The second kappa shape index (κ2) is 8.03. The number of rotatable bonds is 3. The van der Waals surface area contributed by atoms with Crippen molar-refractivity contribution in [2.24, 2.45) is 0 Å². The molecule has 0 aliphatic heterocycles. The number of carbonyl (C=O) groups is 1. The summed E-state index contributed by atoms with van der Waals surface area (Å²) in [5.74, 6) is 0.459. The molecule has 26 heavy (non-hydrogen) atoms. The number of para-hydroxylation sites is 1. The Morgan fingerprint density at radius 1 is 1.12 bits per heavy atom. The molecule has 0 saturated heterocycles. The highest BCUT2D eigenvalue weighted by Crippen LogP contribution is 2.20. The number of amides is 1. The van der Waals surface area contributed by atoms with E-state index < -0.39 is 11.7 Å². The Bertz CT molecular complexity index is 805. The number of hydrogen-bond acceptors (Lipinski definition) is 5. The van der Waals surface area contributed by atoms with Crippen LogP contribution < -0.4 is 15.0 Å². The monoisotopic (exact) mass is 352 g/mol. The van der Waals surface area contributed by atoms with Crippen LogP contribution >= 0.6 is 0 Å². The average Bonchev–Trinajstić information content (AvgIpc) is 2.56. The number of nitriles is 1. The second-order valence-electron chi connectivity index (χ2n) is 6.33. The summed E-state index contributed by atoms with van der Waals surface area (Å²) >= 11 is 0. The highest BCUT2D eigenvalue weighted by Gasteiger charge is 2.17. The van der Waals surface area contributed by atoms with Crippen LogP contribution in [0.2, 0.25) is 0 Å². The van der Waals surface area contributed by atoms with Gasteiger partial charge in [0.1, 0.15) is 11.4 Å². The van der Waals surface area contributed by atoms with Crippen molar-refractivity contribution in [1.29, 1.82) is 10.7 Å². The van der Waals surface area contributed by atoms with Crippen molar-refractivity contribution in [3.63, 3.8) is 0 Å². The fraction of sp³-hybridized carbons (Fsp3) is 0.211. The molecule has 0 aliphatic rings. The number of amidine groups is 1. The SMILES string of the molecule is CC(C)(C)OC(=O)Nc1ccc(N(C#N)C(=N)Oc2ccccc2)cc1. The van der Waals surface area contributed by atoms with Crippen molar-refractivity contribution in [2.45, 2.75) is 26.4 Å². The van der Waals surface area contributed by atoms with Gasteiger partial charge in [0.05, 0.1) is 5.69 Å². The summed E-state index contributed by atoms with van der Waals surface area (Å²) in [6.07, 6.45) is 1.33. The molecule has 7 heteroatoms. The van der Waals surface area contributed by atoms with Crippen LogP contribution in [0.15, 0.2) is 54.6 Å². The predicted octanol–water partition coefficient (Wildman–Crippen LogP) is 4.33. The molecule has 0 aliphatic carbocycles. The van der Waals surface area contributed by atoms with Crippen LogP contribution in [-0.4, -0.2) is 17.7 Å². The van der Waals surface area contributed by atoms with Crippen molar-refractivity contribution in [3.05, 3.63) is 54.6 Å². The van der Waals surface area contributed by atoms with Gasteiger partial charge < -0.3 is 9.47 Å². The van der Waals surface area contributed by atoms with Gasteiger partial charge in [0.2, 0.25) is 0 Å². The Hall–Kier alpha value is -3.53. The van der Waals surface area contributed by atoms with E-state index in [2.05, 4.69) is 5.32 Å². The Morgan fingerprint density at radius 2 is 1.73 bits per heavy atom. The Labute approximate surface area is 152 Å². The number of ether oxygens (including phenoxy) is 2. The van der Waals surface area contributed by atoms with E-state index in [4.69, 9.17) is 14.9 Å². The van der Waals surface area contributed by atoms with Crippen molar-refractivity contribution >= 4 is 23.5 Å². The minimum absolute atomic E-state index is 0.327. The van der Waals surface area contributed by atoms with Crippen LogP contribution in [-0.2, 0) is 4.74 Å². The summed E-state index contributed by atoms with van der Waals surface area (Å²) < 4.78 is 10.5. The Kier molecular flexibility index (Phi) is 5.81. The summed E-state index contributed by atoms with van der Waals surface area (Å²) in [6.45, 7) is 5.33. The van der Waals surface area contributed by atoms with E-state index >= 15 is 0 Å². The number of benzene rings is 2. The predicted molar refractivity (Wildman–Crippen MR) is 99.2 cm³/mol. The van der Waals surface area contributed by atoms with Gasteiger partial charge in [0, 0.05) is 5.69 Å². The van der Waals surface area contributed by atoms with Gasteiger partial charge in [0.15, 0.2) is 6.19 Å². The third-order valence-electron chi connectivity index (χ3n) is 3.03. The summed E-state index contributed by atoms with van der Waals surface area (Å²) in [5.41, 5.74) is 0.352. The van der Waals surface area contributed by atoms with Crippen LogP contribution in [0.25, 0.3) is 0 Å². The molecule has 2 N–H and O–H groups in total. The smallest absolute Gasteiger partial charge is 0.412 e. The first-order valence-corrected chi connectivity index (χ1v) is 7.90. The van der Waals surface area contributed by atoms with Crippen LogP contribution in [0, 0.1) is 16.9 Å². The van der Waals surface area contributed by atoms with E-state index in [-0.39, 0.29) is 6.02 Å². The molecule has 7 nitrogen and oxygen atoms in total. The number of anilines is 2. The van der Waals surface area contributed by atoms with Crippen LogP contribution in [0.4, 0.5) is 16.2 Å². The molecule has 1 amide bonds. The summed E-state index contributed by atoms with van der Waals surface area (Å²) in [5, 5.41) is 19.9. The fourth-order valence-corrected chi connectivity index (χ4v) is 1.98. The molecule has 0 bridgehead atoms. The second-order valence-corrected chi connectivity index (χ2v) is 6.33. The average molecular weight is 352 g/mol. The van der Waals surface area contributed by atoms with Gasteiger partial charge in [-0.15, -0.1) is 0 Å². The first-order chi connectivity index (χ1) is 12.3. The maximum atomic E-state index is 11.8. The lowest BCUT2D eigenvalue weighted by molar-refractivity contribution is 0.0636. The lowest BCUT2D eigenvalue weighted by Gasteiger charge is -2.20. The molecule has 2 aromatic carbocycles. The van der Waals surface area contributed by atoms with Crippen molar-refractivity contribution in [2.75, 3.05) is 10.2 Å². The molecule has 2 aromatic rings. The molecule has 0 spiro atoms. The van der Waals surface area contributed by atoms with Crippen molar-refractivity contribution in [3.8, 4) is 11.9 Å². The fourth-order valence-electron chi connectivity index (χ4n) is 1.98. The molecule has 0 atom stereocenters. The molecule has 134 valence electrons. The lowest BCUT2D eigenvalue weighted by Crippen LogP contribution is -2.29. The van der Waals surface area contributed by atoms with Crippen molar-refractivity contribution in [1.82, 2.24) is 0 Å². The van der Waals surface area contributed by atoms with Gasteiger partial charge >= 0.3 is 12.1 Å². The van der Waals surface area contributed by atoms with Crippen LogP contribution in [0.3, 0.4) is 0 Å². The molecule has 0 aromatic heterocycles. The largest absolute Gasteiger partial charge is 0.444 e. The van der Waals surface area contributed by atoms with Gasteiger partial charge in [-0.1, -0.05) is 18.2 Å².